The van der Waals surface area contributed by atoms with Crippen molar-refractivity contribution in [2.45, 2.75) is 10.8 Å². The molecule has 2 aromatic heterocycles. The van der Waals surface area contributed by atoms with Gasteiger partial charge in [0.05, 0.1) is 23.3 Å². The Morgan fingerprint density at radius 1 is 1.07 bits per heavy atom. The molecule has 0 aliphatic heterocycles. The number of nitrogens with zero attached hydrogens (tertiary/aromatic N) is 1. The zero-order valence-corrected chi connectivity index (χ0v) is 17.9. The number of carbonyl (C=O) groups is 1. The molecular weight excluding hydrogens is 442 g/mol. The fraction of sp³-hybridized carbons (Fsp3) is 0.0476. The quantitative estimate of drug-likeness (QED) is 0.469. The van der Waals surface area contributed by atoms with Gasteiger partial charge in [0.2, 0.25) is 10.0 Å². The number of halogens is 1. The molecule has 4 rings (SSSR count). The van der Waals surface area contributed by atoms with Crippen LogP contribution >= 0.6 is 22.9 Å². The Kier molecular flexibility index (Phi) is 5.57. The van der Waals surface area contributed by atoms with Crippen LogP contribution in [0.2, 0.25) is 5.02 Å². The van der Waals surface area contributed by atoms with Crippen molar-refractivity contribution in [3.63, 3.8) is 0 Å². The lowest BCUT2D eigenvalue weighted by molar-refractivity contribution is 0.0953. The highest BCUT2D eigenvalue weighted by molar-refractivity contribution is 7.91. The van der Waals surface area contributed by atoms with Gasteiger partial charge in [-0.1, -0.05) is 41.9 Å². The van der Waals surface area contributed by atoms with Crippen LogP contribution in [0.5, 0.6) is 0 Å². The number of pyridine rings is 1. The average molecular weight is 458 g/mol. The number of aromatic nitrogens is 1. The first-order chi connectivity index (χ1) is 14.3. The van der Waals surface area contributed by atoms with Crippen LogP contribution in [0.1, 0.15) is 15.2 Å². The van der Waals surface area contributed by atoms with E-state index in [0.29, 0.717) is 26.7 Å². The Morgan fingerprint density at radius 3 is 2.50 bits per heavy atom. The third-order valence-corrected chi connectivity index (χ3v) is 7.22. The first-order valence-electron chi connectivity index (χ1n) is 8.87. The van der Waals surface area contributed by atoms with Crippen molar-refractivity contribution in [2.24, 2.45) is 5.14 Å². The van der Waals surface area contributed by atoms with Crippen molar-refractivity contribution in [3.05, 3.63) is 82.2 Å². The van der Waals surface area contributed by atoms with Crippen LogP contribution in [0, 0.1) is 0 Å². The van der Waals surface area contributed by atoms with Gasteiger partial charge in [-0.05, 0) is 36.4 Å². The van der Waals surface area contributed by atoms with E-state index in [9.17, 15) is 13.2 Å². The van der Waals surface area contributed by atoms with Crippen LogP contribution in [0.3, 0.4) is 0 Å². The molecule has 30 heavy (non-hydrogen) atoms. The Balaban J connectivity index is 1.66. The molecule has 0 unspecified atom stereocenters. The summed E-state index contributed by atoms with van der Waals surface area (Å²) >= 11 is 7.01. The topological polar surface area (TPSA) is 102 Å². The predicted molar refractivity (Wildman–Crippen MR) is 119 cm³/mol. The molecule has 0 bridgehead atoms. The number of fused-ring (bicyclic) bond motifs is 1. The maximum Gasteiger partial charge on any atom is 0.252 e. The molecule has 0 fully saturated rings. The van der Waals surface area contributed by atoms with E-state index in [4.69, 9.17) is 16.7 Å². The number of para-hydroxylation sites is 1. The third-order valence-electron chi connectivity index (χ3n) is 4.44. The zero-order chi connectivity index (χ0) is 21.3. The fourth-order valence-corrected chi connectivity index (χ4v) is 4.84. The molecule has 9 heteroatoms. The zero-order valence-electron chi connectivity index (χ0n) is 15.5. The number of carbonyl (C=O) groups excluding carboxylic acids is 1. The standard InChI is InChI=1S/C21H16ClN3O3S2/c22-14-7-5-13(6-8-14)19-11-17(16-3-1-2-4-18(16)25-19)21(26)24-12-15-9-10-20(29-15)30(23,27)28/h1-11H,12H2,(H,24,26)(H2,23,27,28). The number of nitrogens with one attached hydrogen (secondary N) is 1. The van der Waals surface area contributed by atoms with E-state index >= 15 is 0 Å². The minimum atomic E-state index is -3.75. The van der Waals surface area contributed by atoms with Crippen LogP contribution in [0.25, 0.3) is 22.2 Å². The highest BCUT2D eigenvalue weighted by Crippen LogP contribution is 2.26. The van der Waals surface area contributed by atoms with Crippen LogP contribution in [-0.4, -0.2) is 19.3 Å². The summed E-state index contributed by atoms with van der Waals surface area (Å²) in [4.78, 5) is 18.3. The number of thiophene rings is 1. The van der Waals surface area contributed by atoms with Gasteiger partial charge in [0.25, 0.3) is 5.91 Å². The molecule has 0 radical (unpaired) electrons. The molecule has 2 aromatic carbocycles. The minimum Gasteiger partial charge on any atom is -0.347 e. The SMILES string of the molecule is NS(=O)(=O)c1ccc(CNC(=O)c2cc(-c3ccc(Cl)cc3)nc3ccccc23)s1. The lowest BCUT2D eigenvalue weighted by Crippen LogP contribution is -2.22. The van der Waals surface area contributed by atoms with E-state index < -0.39 is 10.0 Å². The first kappa shape index (κ1) is 20.5. The van der Waals surface area contributed by atoms with Crippen molar-refractivity contribution in [1.82, 2.24) is 10.3 Å². The van der Waals surface area contributed by atoms with E-state index in [0.717, 1.165) is 22.3 Å². The van der Waals surface area contributed by atoms with E-state index in [1.165, 1.54) is 6.07 Å². The summed E-state index contributed by atoms with van der Waals surface area (Å²) in [5, 5.41) is 9.33. The fourth-order valence-electron chi connectivity index (χ4n) is 3.00. The second-order valence-corrected chi connectivity index (χ2v) is 9.92. The van der Waals surface area contributed by atoms with Crippen molar-refractivity contribution in [2.75, 3.05) is 0 Å². The molecule has 3 N–H and O–H groups in total. The van der Waals surface area contributed by atoms with Gasteiger partial charge < -0.3 is 5.32 Å². The molecule has 0 spiro atoms. The van der Waals surface area contributed by atoms with Gasteiger partial charge in [-0.2, -0.15) is 0 Å². The largest absolute Gasteiger partial charge is 0.347 e. The number of benzene rings is 2. The van der Waals surface area contributed by atoms with Gasteiger partial charge in [0, 0.05) is 20.8 Å². The number of nitrogens with two attached hydrogens (primary N) is 1. The average Bonchev–Trinajstić information content (AvgIpc) is 3.21. The molecule has 152 valence electrons. The third kappa shape index (κ3) is 4.36. The maximum absolute atomic E-state index is 13.0. The van der Waals surface area contributed by atoms with Gasteiger partial charge in [-0.15, -0.1) is 11.3 Å². The lowest BCUT2D eigenvalue weighted by Gasteiger charge is -2.10. The molecule has 1 amide bonds. The van der Waals surface area contributed by atoms with Gasteiger partial charge in [-0.25, -0.2) is 18.5 Å². The molecule has 6 nitrogen and oxygen atoms in total. The van der Waals surface area contributed by atoms with Gasteiger partial charge >= 0.3 is 0 Å². The lowest BCUT2D eigenvalue weighted by atomic mass is 10.0. The summed E-state index contributed by atoms with van der Waals surface area (Å²) in [5.74, 6) is -0.283. The van der Waals surface area contributed by atoms with Gasteiger partial charge in [-0.3, -0.25) is 4.79 Å². The molecule has 2 heterocycles. The Morgan fingerprint density at radius 2 is 1.80 bits per heavy atom. The van der Waals surface area contributed by atoms with Crippen molar-refractivity contribution in [1.29, 1.82) is 0 Å². The number of sulfonamides is 1. The number of primary sulfonamides is 1. The minimum absolute atomic E-state index is 0.0612. The second kappa shape index (κ2) is 8.16. The first-order valence-corrected chi connectivity index (χ1v) is 11.6. The smallest absolute Gasteiger partial charge is 0.252 e. The van der Waals surface area contributed by atoms with Crippen LogP contribution in [0.15, 0.2) is 70.9 Å². The molecular formula is C21H16ClN3O3S2. The summed E-state index contributed by atoms with van der Waals surface area (Å²) in [5.41, 5.74) is 2.68. The summed E-state index contributed by atoms with van der Waals surface area (Å²) in [6.45, 7) is 0.186. The number of hydrogen-bond donors (Lipinski definition) is 2. The van der Waals surface area contributed by atoms with E-state index in [1.807, 2.05) is 36.4 Å². The molecule has 4 aromatic rings. The molecule has 0 aliphatic carbocycles. The van der Waals surface area contributed by atoms with E-state index in [2.05, 4.69) is 10.3 Å². The van der Waals surface area contributed by atoms with Crippen LogP contribution in [0.4, 0.5) is 0 Å². The number of hydrogen-bond acceptors (Lipinski definition) is 5. The van der Waals surface area contributed by atoms with Gasteiger partial charge in [0.1, 0.15) is 4.21 Å². The Bertz CT molecular complexity index is 1350. The number of rotatable bonds is 5. The maximum atomic E-state index is 13.0. The monoisotopic (exact) mass is 457 g/mol. The van der Waals surface area contributed by atoms with Crippen molar-refractivity contribution in [3.8, 4) is 11.3 Å². The number of amides is 1. The molecule has 0 saturated heterocycles. The normalized spacial score (nSPS) is 11.5. The molecule has 0 saturated carbocycles. The van der Waals surface area contributed by atoms with Crippen molar-refractivity contribution < 1.29 is 13.2 Å². The second-order valence-electron chi connectivity index (χ2n) is 6.53. The predicted octanol–water partition coefficient (Wildman–Crippen LogP) is 4.19. The summed E-state index contributed by atoms with van der Waals surface area (Å²) < 4.78 is 22.9. The van der Waals surface area contributed by atoms with E-state index in [1.54, 1.807) is 24.3 Å². The van der Waals surface area contributed by atoms with Gasteiger partial charge in [0.15, 0.2) is 0 Å². The van der Waals surface area contributed by atoms with E-state index in [-0.39, 0.29) is 16.7 Å². The van der Waals surface area contributed by atoms with Crippen LogP contribution < -0.4 is 10.5 Å². The highest BCUT2D eigenvalue weighted by atomic mass is 35.5. The van der Waals surface area contributed by atoms with Crippen molar-refractivity contribution >= 4 is 49.8 Å². The molecule has 0 aliphatic rings. The molecule has 0 atom stereocenters. The Labute approximate surface area is 182 Å². The van der Waals surface area contributed by atoms with Crippen LogP contribution in [-0.2, 0) is 16.6 Å². The Hall–Kier alpha value is -2.78. The summed E-state index contributed by atoms with van der Waals surface area (Å²) in [7, 11) is -3.75. The highest BCUT2D eigenvalue weighted by Gasteiger charge is 2.15. The summed E-state index contributed by atoms with van der Waals surface area (Å²) in [6.07, 6.45) is 0. The summed E-state index contributed by atoms with van der Waals surface area (Å²) in [6, 6.07) is 19.4.